The van der Waals surface area contributed by atoms with Gasteiger partial charge in [0.15, 0.2) is 0 Å². The Kier molecular flexibility index (Phi) is 12.5. The van der Waals surface area contributed by atoms with Gasteiger partial charge in [0.25, 0.3) is 0 Å². The molecule has 0 bridgehead atoms. The van der Waals surface area contributed by atoms with E-state index < -0.39 is 15.8 Å². The molecule has 0 unspecified atom stereocenters. The normalized spacial score (nSPS) is 9.93. The Hall–Kier alpha value is -1.19. The molecule has 0 heterocycles. The van der Waals surface area contributed by atoms with Crippen LogP contribution in [0.2, 0.25) is 0 Å². The van der Waals surface area contributed by atoms with E-state index in [-0.39, 0.29) is 41.3 Å². The first-order valence-electron chi connectivity index (χ1n) is 9.17. The minimum Gasteiger partial charge on any atom is -1.00 e. The van der Waals surface area contributed by atoms with E-state index in [1.54, 1.807) is 0 Å². The summed E-state index contributed by atoms with van der Waals surface area (Å²) < 4.78 is 0. The predicted molar refractivity (Wildman–Crippen MR) is 123 cm³/mol. The van der Waals surface area contributed by atoms with Crippen molar-refractivity contribution in [2.45, 2.75) is 0 Å². The van der Waals surface area contributed by atoms with Gasteiger partial charge in [0.1, 0.15) is 0 Å². The average Bonchev–Trinajstić information content (AvgIpc) is 2.77. The largest absolute Gasteiger partial charge is 2.00 e. The molecular formula is C25H22Cl2NiP2. The van der Waals surface area contributed by atoms with E-state index in [9.17, 15) is 0 Å². The zero-order valence-corrected chi connectivity index (χ0v) is 20.5. The summed E-state index contributed by atoms with van der Waals surface area (Å²) in [6.45, 7) is 0. The van der Waals surface area contributed by atoms with Gasteiger partial charge in [-0.1, -0.05) is 121 Å². The Bertz CT molecular complexity index is 795. The molecule has 0 fully saturated rings. The van der Waals surface area contributed by atoms with Gasteiger partial charge in [-0.25, -0.2) is 0 Å². The first-order valence-corrected chi connectivity index (χ1v) is 12.2. The Morgan fingerprint density at radius 3 is 0.767 bits per heavy atom. The fourth-order valence-corrected chi connectivity index (χ4v) is 9.67. The molecule has 0 spiro atoms. The molecule has 0 aliphatic heterocycles. The molecule has 0 N–H and O–H groups in total. The maximum atomic E-state index is 2.29. The van der Waals surface area contributed by atoms with E-state index in [0.717, 1.165) is 0 Å². The van der Waals surface area contributed by atoms with Crippen LogP contribution in [0.4, 0.5) is 0 Å². The molecule has 0 saturated carbocycles. The van der Waals surface area contributed by atoms with Crippen LogP contribution in [0.25, 0.3) is 0 Å². The zero-order chi connectivity index (χ0) is 18.3. The quantitative estimate of drug-likeness (QED) is 0.234. The van der Waals surface area contributed by atoms with Crippen molar-refractivity contribution in [3.05, 3.63) is 121 Å². The monoisotopic (exact) mass is 512 g/mol. The van der Waals surface area contributed by atoms with Crippen LogP contribution in [0.5, 0.6) is 0 Å². The molecule has 0 aliphatic carbocycles. The third kappa shape index (κ3) is 6.92. The summed E-state index contributed by atoms with van der Waals surface area (Å²) in [5.41, 5.74) is 0. The molecule has 4 rings (SSSR count). The molecule has 0 atom stereocenters. The van der Waals surface area contributed by atoms with Gasteiger partial charge in [-0.2, -0.15) is 0 Å². The molecule has 30 heavy (non-hydrogen) atoms. The van der Waals surface area contributed by atoms with Gasteiger partial charge in [0.2, 0.25) is 0 Å². The fraction of sp³-hybridized carbons (Fsp3) is 0.0400. The molecule has 4 aromatic carbocycles. The van der Waals surface area contributed by atoms with Crippen molar-refractivity contribution < 1.29 is 41.3 Å². The maximum Gasteiger partial charge on any atom is 2.00 e. The van der Waals surface area contributed by atoms with Crippen LogP contribution in [0.3, 0.4) is 0 Å². The van der Waals surface area contributed by atoms with Crippen molar-refractivity contribution in [3.8, 4) is 0 Å². The van der Waals surface area contributed by atoms with Crippen molar-refractivity contribution in [1.82, 2.24) is 0 Å². The zero-order valence-electron chi connectivity index (χ0n) is 16.2. The smallest absolute Gasteiger partial charge is 1.00 e. The molecule has 0 saturated heterocycles. The second kappa shape index (κ2) is 14.0. The van der Waals surface area contributed by atoms with Crippen LogP contribution in [-0.2, 0) is 16.5 Å². The maximum absolute atomic E-state index is 2.29. The number of hydrogen-bond donors (Lipinski definition) is 0. The first kappa shape index (κ1) is 26.8. The first-order chi connectivity index (χ1) is 13.4. The van der Waals surface area contributed by atoms with Crippen LogP contribution in [0.1, 0.15) is 0 Å². The summed E-state index contributed by atoms with van der Waals surface area (Å²) >= 11 is 0. The SMILES string of the molecule is [Cl-].[Cl-].[Ni+2].c1ccc(P(CP(c2ccccc2)c2ccccc2)c2ccccc2)cc1. The van der Waals surface area contributed by atoms with Crippen molar-refractivity contribution in [2.75, 3.05) is 5.90 Å². The van der Waals surface area contributed by atoms with Crippen LogP contribution in [-0.4, -0.2) is 5.90 Å². The van der Waals surface area contributed by atoms with Gasteiger partial charge in [-0.3, -0.25) is 0 Å². The van der Waals surface area contributed by atoms with Gasteiger partial charge in [0, 0.05) is 5.90 Å². The molecular weight excluding hydrogens is 492 g/mol. The summed E-state index contributed by atoms with van der Waals surface area (Å²) in [6, 6.07) is 44.1. The van der Waals surface area contributed by atoms with Crippen molar-refractivity contribution in [1.29, 1.82) is 0 Å². The van der Waals surface area contributed by atoms with Crippen molar-refractivity contribution >= 4 is 37.1 Å². The summed E-state index contributed by atoms with van der Waals surface area (Å²) in [4.78, 5) is 0. The van der Waals surface area contributed by atoms with E-state index in [2.05, 4.69) is 121 Å². The number of benzene rings is 4. The van der Waals surface area contributed by atoms with Gasteiger partial charge in [0.05, 0.1) is 0 Å². The average molecular weight is 514 g/mol. The predicted octanol–water partition coefficient (Wildman–Crippen LogP) is -0.785. The van der Waals surface area contributed by atoms with E-state index in [1.807, 2.05) is 0 Å². The number of halogens is 2. The second-order valence-corrected chi connectivity index (χ2v) is 11.2. The summed E-state index contributed by atoms with van der Waals surface area (Å²) in [5.74, 6) is 1.17. The Morgan fingerprint density at radius 2 is 0.567 bits per heavy atom. The number of rotatable bonds is 6. The molecule has 156 valence electrons. The van der Waals surface area contributed by atoms with Crippen LogP contribution in [0.15, 0.2) is 121 Å². The summed E-state index contributed by atoms with van der Waals surface area (Å²) in [6.07, 6.45) is 0. The third-order valence-electron chi connectivity index (χ3n) is 4.55. The van der Waals surface area contributed by atoms with Gasteiger partial charge >= 0.3 is 16.5 Å². The molecule has 4 aromatic rings. The van der Waals surface area contributed by atoms with E-state index in [4.69, 9.17) is 0 Å². The number of hydrogen-bond acceptors (Lipinski definition) is 0. The minimum absolute atomic E-state index is 0. The molecule has 0 radical (unpaired) electrons. The fourth-order valence-electron chi connectivity index (χ4n) is 3.20. The minimum atomic E-state index is -0.409. The Balaban J connectivity index is 0.00000150. The molecule has 0 amide bonds. The van der Waals surface area contributed by atoms with Crippen molar-refractivity contribution in [3.63, 3.8) is 0 Å². The van der Waals surface area contributed by atoms with E-state index >= 15 is 0 Å². The molecule has 0 aliphatic rings. The van der Waals surface area contributed by atoms with Crippen molar-refractivity contribution in [2.24, 2.45) is 0 Å². The molecule has 5 heteroatoms. The van der Waals surface area contributed by atoms with Crippen LogP contribution in [0, 0.1) is 0 Å². The molecule has 0 nitrogen and oxygen atoms in total. The Morgan fingerprint density at radius 1 is 0.367 bits per heavy atom. The van der Waals surface area contributed by atoms with Crippen LogP contribution < -0.4 is 46.0 Å². The van der Waals surface area contributed by atoms with Gasteiger partial charge in [-0.15, -0.1) is 0 Å². The summed E-state index contributed by atoms with van der Waals surface area (Å²) in [7, 11) is -0.817. The third-order valence-corrected chi connectivity index (χ3v) is 10.5. The standard InChI is InChI=1S/C25H22P2.2ClH.Ni/c1-5-13-22(14-6-1)26(23-15-7-2-8-16-23)21-27(24-17-9-3-10-18-24)25-19-11-4-12-20-25;;;/h1-20H,21H2;2*1H;/q;;;+2/p-2. The van der Waals surface area contributed by atoms with Gasteiger partial charge in [-0.05, 0) is 37.1 Å². The second-order valence-electron chi connectivity index (χ2n) is 6.34. The van der Waals surface area contributed by atoms with Gasteiger partial charge < -0.3 is 24.8 Å². The molecule has 0 aromatic heterocycles. The Labute approximate surface area is 204 Å². The summed E-state index contributed by atoms with van der Waals surface area (Å²) in [5, 5.41) is 5.83. The van der Waals surface area contributed by atoms with E-state index in [0.29, 0.717) is 0 Å². The van der Waals surface area contributed by atoms with E-state index in [1.165, 1.54) is 27.1 Å². The van der Waals surface area contributed by atoms with Crippen LogP contribution >= 0.6 is 15.8 Å². The topological polar surface area (TPSA) is 0 Å².